The van der Waals surface area contributed by atoms with Gasteiger partial charge in [0.25, 0.3) is 5.91 Å². The Labute approximate surface area is 156 Å². The molecule has 1 fully saturated rings. The van der Waals surface area contributed by atoms with Gasteiger partial charge in [-0.2, -0.15) is 0 Å². The summed E-state index contributed by atoms with van der Waals surface area (Å²) in [7, 11) is 0. The quantitative estimate of drug-likeness (QED) is 0.814. The lowest BCUT2D eigenvalue weighted by molar-refractivity contribution is -0.129. The van der Waals surface area contributed by atoms with Gasteiger partial charge in [-0.25, -0.2) is 9.97 Å². The van der Waals surface area contributed by atoms with Crippen LogP contribution in [-0.2, 0) is 17.8 Å². The Morgan fingerprint density at radius 1 is 1.23 bits per heavy atom. The molecule has 1 saturated heterocycles. The van der Waals surface area contributed by atoms with Gasteiger partial charge in [-0.1, -0.05) is 0 Å². The highest BCUT2D eigenvalue weighted by atomic mass is 32.1. The zero-order chi connectivity index (χ0) is 18.3. The normalized spacial score (nSPS) is 19.5. The van der Waals surface area contributed by atoms with E-state index in [2.05, 4.69) is 4.98 Å². The third kappa shape index (κ3) is 3.23. The SMILES string of the molecule is CC(=O)N1CCc2nc([C@H]3CCN(C(=O)c4ccc(C)s4)C3)ncc2C1. The predicted octanol–water partition coefficient (Wildman–Crippen LogP) is 2.38. The number of likely N-dealkylation sites (tertiary alicyclic amines) is 1. The van der Waals surface area contributed by atoms with E-state index >= 15 is 0 Å². The molecule has 2 aliphatic heterocycles. The zero-order valence-electron chi connectivity index (χ0n) is 15.1. The first-order chi connectivity index (χ1) is 12.5. The summed E-state index contributed by atoms with van der Waals surface area (Å²) in [6.07, 6.45) is 3.53. The molecule has 0 N–H and O–H groups in total. The third-order valence-corrected chi connectivity index (χ3v) is 6.18. The van der Waals surface area contributed by atoms with Crippen molar-refractivity contribution in [3.63, 3.8) is 0 Å². The number of aromatic nitrogens is 2. The van der Waals surface area contributed by atoms with Crippen LogP contribution in [0.5, 0.6) is 0 Å². The minimum absolute atomic E-state index is 0.0912. The fourth-order valence-corrected chi connectivity index (χ4v) is 4.49. The maximum absolute atomic E-state index is 12.6. The first kappa shape index (κ1) is 17.1. The number of fused-ring (bicyclic) bond motifs is 1. The molecule has 0 aromatic carbocycles. The fraction of sp³-hybridized carbons (Fsp3) is 0.474. The number of thiophene rings is 1. The monoisotopic (exact) mass is 370 g/mol. The van der Waals surface area contributed by atoms with Crippen molar-refractivity contribution in [3.8, 4) is 0 Å². The van der Waals surface area contributed by atoms with E-state index in [-0.39, 0.29) is 17.7 Å². The molecule has 4 heterocycles. The van der Waals surface area contributed by atoms with E-state index < -0.39 is 0 Å². The molecule has 0 bridgehead atoms. The van der Waals surface area contributed by atoms with E-state index in [0.717, 1.165) is 46.2 Å². The molecule has 1 atom stereocenters. The molecule has 0 aliphatic carbocycles. The average molecular weight is 370 g/mol. The van der Waals surface area contributed by atoms with E-state index in [1.54, 1.807) is 18.3 Å². The second-order valence-corrected chi connectivity index (χ2v) is 8.33. The van der Waals surface area contributed by atoms with Gasteiger partial charge >= 0.3 is 0 Å². The largest absolute Gasteiger partial charge is 0.338 e. The van der Waals surface area contributed by atoms with E-state index in [1.165, 1.54) is 0 Å². The van der Waals surface area contributed by atoms with Gasteiger partial charge in [0, 0.05) is 62.1 Å². The van der Waals surface area contributed by atoms with Crippen LogP contribution < -0.4 is 0 Å². The highest BCUT2D eigenvalue weighted by Gasteiger charge is 2.31. The Bertz CT molecular complexity index is 863. The van der Waals surface area contributed by atoms with Crippen molar-refractivity contribution >= 4 is 23.2 Å². The van der Waals surface area contributed by atoms with E-state index in [4.69, 9.17) is 4.98 Å². The zero-order valence-corrected chi connectivity index (χ0v) is 15.9. The lowest BCUT2D eigenvalue weighted by atomic mass is 10.0. The molecular formula is C19H22N4O2S. The van der Waals surface area contributed by atoms with Crippen LogP contribution in [-0.4, -0.2) is 51.2 Å². The second kappa shape index (κ2) is 6.79. The summed E-state index contributed by atoms with van der Waals surface area (Å²) in [5, 5.41) is 0. The molecule has 2 aromatic rings. The van der Waals surface area contributed by atoms with Crippen LogP contribution in [0, 0.1) is 6.92 Å². The maximum atomic E-state index is 12.6. The van der Waals surface area contributed by atoms with Crippen molar-refractivity contribution in [2.75, 3.05) is 19.6 Å². The summed E-state index contributed by atoms with van der Waals surface area (Å²) in [5.74, 6) is 1.22. The van der Waals surface area contributed by atoms with Gasteiger partial charge in [0.2, 0.25) is 5.91 Å². The molecule has 6 nitrogen and oxygen atoms in total. The number of nitrogens with zero attached hydrogens (tertiary/aromatic N) is 4. The molecular weight excluding hydrogens is 348 g/mol. The summed E-state index contributed by atoms with van der Waals surface area (Å²) >= 11 is 1.55. The van der Waals surface area contributed by atoms with Crippen molar-refractivity contribution in [2.45, 2.75) is 39.2 Å². The standard InChI is InChI=1S/C19H22N4O2S/c1-12-3-4-17(26-12)19(25)23-7-5-14(10-23)18-20-9-15-11-22(13(2)24)8-6-16(15)21-18/h3-4,9,14H,5-8,10-11H2,1-2H3/t14-/m0/s1. The summed E-state index contributed by atoms with van der Waals surface area (Å²) in [6, 6.07) is 3.90. The number of aryl methyl sites for hydroxylation is 1. The van der Waals surface area contributed by atoms with Crippen molar-refractivity contribution in [1.82, 2.24) is 19.8 Å². The van der Waals surface area contributed by atoms with Gasteiger partial charge in [0.15, 0.2) is 0 Å². The van der Waals surface area contributed by atoms with Crippen molar-refractivity contribution in [1.29, 1.82) is 0 Å². The van der Waals surface area contributed by atoms with Crippen molar-refractivity contribution in [3.05, 3.63) is 45.2 Å². The average Bonchev–Trinajstić information content (AvgIpc) is 3.29. The summed E-state index contributed by atoms with van der Waals surface area (Å²) < 4.78 is 0. The highest BCUT2D eigenvalue weighted by molar-refractivity contribution is 7.13. The predicted molar refractivity (Wildman–Crippen MR) is 99.1 cm³/mol. The van der Waals surface area contributed by atoms with E-state index in [9.17, 15) is 9.59 Å². The fourth-order valence-electron chi connectivity index (χ4n) is 3.66. The van der Waals surface area contributed by atoms with Gasteiger partial charge < -0.3 is 9.80 Å². The first-order valence-electron chi connectivity index (χ1n) is 8.97. The molecule has 7 heteroatoms. The molecule has 0 spiro atoms. The molecule has 26 heavy (non-hydrogen) atoms. The molecule has 0 saturated carbocycles. The van der Waals surface area contributed by atoms with Crippen molar-refractivity contribution in [2.24, 2.45) is 0 Å². The Hall–Kier alpha value is -2.28. The summed E-state index contributed by atoms with van der Waals surface area (Å²) in [4.78, 5) is 39.2. The Kier molecular flexibility index (Phi) is 4.48. The van der Waals surface area contributed by atoms with Gasteiger partial charge in [0.05, 0.1) is 10.6 Å². The van der Waals surface area contributed by atoms with Crippen LogP contribution in [0.15, 0.2) is 18.3 Å². The van der Waals surface area contributed by atoms with Crippen LogP contribution >= 0.6 is 11.3 Å². The highest BCUT2D eigenvalue weighted by Crippen LogP contribution is 2.28. The van der Waals surface area contributed by atoms with Gasteiger partial charge in [-0.3, -0.25) is 9.59 Å². The topological polar surface area (TPSA) is 66.4 Å². The maximum Gasteiger partial charge on any atom is 0.263 e. The minimum Gasteiger partial charge on any atom is -0.338 e. The number of amides is 2. The number of rotatable bonds is 2. The van der Waals surface area contributed by atoms with E-state index in [1.807, 2.05) is 35.1 Å². The Morgan fingerprint density at radius 2 is 2.08 bits per heavy atom. The number of carbonyl (C=O) groups is 2. The first-order valence-corrected chi connectivity index (χ1v) is 9.79. The Morgan fingerprint density at radius 3 is 2.81 bits per heavy atom. The molecule has 2 aliphatic rings. The number of carbonyl (C=O) groups excluding carboxylic acids is 2. The van der Waals surface area contributed by atoms with Crippen LogP contribution in [0.4, 0.5) is 0 Å². The van der Waals surface area contributed by atoms with Gasteiger partial charge in [-0.05, 0) is 25.5 Å². The molecule has 2 amide bonds. The number of hydrogen-bond acceptors (Lipinski definition) is 5. The lowest BCUT2D eigenvalue weighted by Crippen LogP contribution is -2.35. The van der Waals surface area contributed by atoms with Crippen LogP contribution in [0.25, 0.3) is 0 Å². The van der Waals surface area contributed by atoms with Crippen molar-refractivity contribution < 1.29 is 9.59 Å². The van der Waals surface area contributed by atoms with Gasteiger partial charge in [0.1, 0.15) is 5.82 Å². The van der Waals surface area contributed by atoms with Gasteiger partial charge in [-0.15, -0.1) is 11.3 Å². The van der Waals surface area contributed by atoms with Crippen LogP contribution in [0.1, 0.15) is 50.9 Å². The molecule has 136 valence electrons. The molecule has 4 rings (SSSR count). The lowest BCUT2D eigenvalue weighted by Gasteiger charge is -2.27. The van der Waals surface area contributed by atoms with Crippen LogP contribution in [0.2, 0.25) is 0 Å². The molecule has 0 unspecified atom stereocenters. The third-order valence-electron chi connectivity index (χ3n) is 5.19. The van der Waals surface area contributed by atoms with Crippen LogP contribution in [0.3, 0.4) is 0 Å². The second-order valence-electron chi connectivity index (χ2n) is 7.04. The van der Waals surface area contributed by atoms with E-state index in [0.29, 0.717) is 19.6 Å². The summed E-state index contributed by atoms with van der Waals surface area (Å²) in [5.41, 5.74) is 2.08. The summed E-state index contributed by atoms with van der Waals surface area (Å²) in [6.45, 7) is 6.35. The molecule has 0 radical (unpaired) electrons. The molecule has 2 aromatic heterocycles. The minimum atomic E-state index is 0.0912. The smallest absolute Gasteiger partial charge is 0.263 e. The Balaban J connectivity index is 1.46. The number of hydrogen-bond donors (Lipinski definition) is 0.